The number of carboxylic acid groups (broad SMARTS) is 1. The third-order valence-electron chi connectivity index (χ3n) is 4.03. The van der Waals surface area contributed by atoms with Gasteiger partial charge in [0.1, 0.15) is 12.6 Å². The molecular formula is C20H22N2O6S. The number of ether oxygens (including phenoxy) is 1. The van der Waals surface area contributed by atoms with Crippen molar-refractivity contribution >= 4 is 46.6 Å². The van der Waals surface area contributed by atoms with E-state index >= 15 is 0 Å². The Balaban J connectivity index is 2.13. The molecule has 2 atom stereocenters. The number of carbonyl (C=O) groups is 4. The van der Waals surface area contributed by atoms with Gasteiger partial charge in [0.2, 0.25) is 5.91 Å². The van der Waals surface area contributed by atoms with Crippen LogP contribution < -0.4 is 5.32 Å². The van der Waals surface area contributed by atoms with Crippen LogP contribution in [0.4, 0.5) is 10.5 Å². The molecule has 1 aromatic carbocycles. The van der Waals surface area contributed by atoms with Crippen molar-refractivity contribution in [2.45, 2.75) is 24.6 Å². The van der Waals surface area contributed by atoms with E-state index in [2.05, 4.69) is 11.9 Å². The number of benzene rings is 1. The van der Waals surface area contributed by atoms with Crippen LogP contribution in [0.5, 0.6) is 0 Å². The molecule has 8 nitrogen and oxygen atoms in total. The second-order valence-electron chi connectivity index (χ2n) is 6.29. The number of thioether (sulfide) groups is 1. The largest absolute Gasteiger partial charge is 0.478 e. The fourth-order valence-electron chi connectivity index (χ4n) is 2.89. The van der Waals surface area contributed by atoms with Crippen molar-refractivity contribution in [3.8, 4) is 0 Å². The highest BCUT2D eigenvalue weighted by Crippen LogP contribution is 2.29. The van der Waals surface area contributed by atoms with Gasteiger partial charge in [-0.15, -0.1) is 0 Å². The van der Waals surface area contributed by atoms with Crippen LogP contribution in [0.2, 0.25) is 0 Å². The average molecular weight is 418 g/mol. The predicted molar refractivity (Wildman–Crippen MR) is 110 cm³/mol. The lowest BCUT2D eigenvalue weighted by atomic mass is 10.1. The Bertz CT molecular complexity index is 838. The molecular weight excluding hydrogens is 396 g/mol. The Labute approximate surface area is 172 Å². The van der Waals surface area contributed by atoms with Crippen LogP contribution in [0, 0.1) is 0 Å². The third-order valence-corrected chi connectivity index (χ3v) is 5.04. The van der Waals surface area contributed by atoms with Crippen LogP contribution in [-0.4, -0.2) is 57.5 Å². The molecule has 0 unspecified atom stereocenters. The summed E-state index contributed by atoms with van der Waals surface area (Å²) in [6.45, 7) is 5.17. The normalized spacial score (nSPS) is 18.4. The molecule has 0 aliphatic carbocycles. The van der Waals surface area contributed by atoms with E-state index in [1.165, 1.54) is 24.0 Å². The molecule has 0 aromatic heterocycles. The number of hydrogen-bond donors (Lipinski definition) is 2. The van der Waals surface area contributed by atoms with Gasteiger partial charge in [-0.1, -0.05) is 36.5 Å². The molecule has 0 radical (unpaired) electrons. The van der Waals surface area contributed by atoms with E-state index in [9.17, 15) is 19.2 Å². The van der Waals surface area contributed by atoms with Crippen molar-refractivity contribution in [2.75, 3.05) is 18.5 Å². The molecule has 1 heterocycles. The molecule has 1 aromatic rings. The molecule has 9 heteroatoms. The zero-order valence-corrected chi connectivity index (χ0v) is 16.7. The number of likely N-dealkylation sites (tertiary alicyclic amines) is 1. The van der Waals surface area contributed by atoms with Gasteiger partial charge in [0, 0.05) is 30.5 Å². The lowest BCUT2D eigenvalue weighted by Crippen LogP contribution is -2.43. The van der Waals surface area contributed by atoms with Gasteiger partial charge in [-0.25, -0.2) is 9.59 Å². The van der Waals surface area contributed by atoms with Crippen molar-refractivity contribution in [1.82, 2.24) is 4.90 Å². The summed E-state index contributed by atoms with van der Waals surface area (Å²) in [5, 5.41) is 11.2. The predicted octanol–water partition coefficient (Wildman–Crippen LogP) is 2.77. The molecule has 2 N–H and O–H groups in total. The summed E-state index contributed by atoms with van der Waals surface area (Å²) in [4.78, 5) is 48.5. The zero-order valence-electron chi connectivity index (χ0n) is 15.9. The molecule has 1 aliphatic rings. The number of hydrogen-bond acceptors (Lipinski definition) is 6. The molecule has 1 fully saturated rings. The molecule has 2 amide bonds. The van der Waals surface area contributed by atoms with E-state index < -0.39 is 24.0 Å². The van der Waals surface area contributed by atoms with Gasteiger partial charge < -0.3 is 15.2 Å². The van der Waals surface area contributed by atoms with E-state index in [0.717, 1.165) is 17.8 Å². The monoisotopic (exact) mass is 418 g/mol. The van der Waals surface area contributed by atoms with Gasteiger partial charge in [0.25, 0.3) is 0 Å². The highest BCUT2D eigenvalue weighted by Gasteiger charge is 2.41. The molecule has 154 valence electrons. The average Bonchev–Trinajstić information content (AvgIpc) is 3.08. The summed E-state index contributed by atoms with van der Waals surface area (Å²) >= 11 is 1.09. The summed E-state index contributed by atoms with van der Waals surface area (Å²) in [7, 11) is 0. The lowest BCUT2D eigenvalue weighted by Gasteiger charge is -2.23. The van der Waals surface area contributed by atoms with Gasteiger partial charge >= 0.3 is 12.1 Å². The zero-order chi connectivity index (χ0) is 21.4. The van der Waals surface area contributed by atoms with Crippen molar-refractivity contribution in [2.24, 2.45) is 0 Å². The van der Waals surface area contributed by atoms with E-state index in [1.54, 1.807) is 24.3 Å². The van der Waals surface area contributed by atoms with Gasteiger partial charge in [-0.3, -0.25) is 14.5 Å². The summed E-state index contributed by atoms with van der Waals surface area (Å²) in [6, 6.07) is 5.86. The van der Waals surface area contributed by atoms with Crippen LogP contribution >= 0.6 is 11.8 Å². The fraction of sp³-hybridized carbons (Fsp3) is 0.300. The maximum absolute atomic E-state index is 12.8. The minimum Gasteiger partial charge on any atom is -0.478 e. The summed E-state index contributed by atoms with van der Waals surface area (Å²) < 4.78 is 5.06. The summed E-state index contributed by atoms with van der Waals surface area (Å²) in [5.41, 5.74) is 1.06. The first kappa shape index (κ1) is 22.2. The van der Waals surface area contributed by atoms with Crippen LogP contribution in [0.25, 0.3) is 6.08 Å². The summed E-state index contributed by atoms with van der Waals surface area (Å²) in [5.74, 6) is -1.49. The number of aliphatic carboxylic acids is 1. The quantitative estimate of drug-likeness (QED) is 0.517. The van der Waals surface area contributed by atoms with Crippen molar-refractivity contribution in [3.05, 3.63) is 48.6 Å². The van der Waals surface area contributed by atoms with Crippen LogP contribution in [0.15, 0.2) is 43.0 Å². The topological polar surface area (TPSA) is 113 Å². The van der Waals surface area contributed by atoms with E-state index in [-0.39, 0.29) is 23.5 Å². The van der Waals surface area contributed by atoms with Crippen LogP contribution in [-0.2, 0) is 19.1 Å². The Hall–Kier alpha value is -3.07. The number of nitrogens with zero attached hydrogens (tertiary/aromatic N) is 1. The first-order chi connectivity index (χ1) is 13.8. The second kappa shape index (κ2) is 10.5. The number of anilines is 1. The van der Waals surface area contributed by atoms with Gasteiger partial charge in [0.05, 0.1) is 0 Å². The van der Waals surface area contributed by atoms with Crippen LogP contribution in [0.1, 0.15) is 18.9 Å². The van der Waals surface area contributed by atoms with Crippen molar-refractivity contribution in [1.29, 1.82) is 0 Å². The van der Waals surface area contributed by atoms with E-state index in [1.807, 2.05) is 0 Å². The standard InChI is InChI=1S/C20H22N2O6S/c1-3-9-28-20(27)22-12-16(29-13(2)23)11-17(22)19(26)21-15-6-4-5-14(10-15)7-8-18(24)25/h3-8,10,16-17H,1,9,11-12H2,2H3,(H,21,26)(H,24,25)/t16-,17-/m0/s1. The Kier molecular flexibility index (Phi) is 8.02. The molecule has 2 rings (SSSR count). The number of carbonyl (C=O) groups excluding carboxylic acids is 3. The SMILES string of the molecule is C=CCOC(=O)N1C[C@@H](SC(C)=O)C[C@H]1C(=O)Nc1cccc(C=CC(=O)O)c1. The maximum Gasteiger partial charge on any atom is 0.410 e. The van der Waals surface area contributed by atoms with E-state index in [0.29, 0.717) is 17.7 Å². The first-order valence-electron chi connectivity index (χ1n) is 8.83. The Morgan fingerprint density at radius 3 is 2.79 bits per heavy atom. The van der Waals surface area contributed by atoms with Crippen molar-refractivity contribution < 1.29 is 29.0 Å². The lowest BCUT2D eigenvalue weighted by molar-refractivity contribution is -0.131. The fourth-order valence-corrected chi connectivity index (χ4v) is 3.88. The van der Waals surface area contributed by atoms with Gasteiger partial charge in [0.15, 0.2) is 5.12 Å². The molecule has 0 spiro atoms. The highest BCUT2D eigenvalue weighted by atomic mass is 32.2. The Morgan fingerprint density at radius 2 is 2.14 bits per heavy atom. The molecule has 29 heavy (non-hydrogen) atoms. The first-order valence-corrected chi connectivity index (χ1v) is 9.71. The smallest absolute Gasteiger partial charge is 0.410 e. The minimum absolute atomic E-state index is 0.0200. The Morgan fingerprint density at radius 1 is 1.38 bits per heavy atom. The minimum atomic E-state index is -1.08. The molecule has 1 aliphatic heterocycles. The molecule has 0 bridgehead atoms. The number of amides is 2. The van der Waals surface area contributed by atoms with Crippen molar-refractivity contribution in [3.63, 3.8) is 0 Å². The van der Waals surface area contributed by atoms with Gasteiger partial charge in [-0.2, -0.15) is 0 Å². The number of rotatable bonds is 7. The van der Waals surface area contributed by atoms with E-state index in [4.69, 9.17) is 9.84 Å². The van der Waals surface area contributed by atoms with Crippen LogP contribution in [0.3, 0.4) is 0 Å². The molecule has 1 saturated heterocycles. The third kappa shape index (κ3) is 6.79. The second-order valence-corrected chi connectivity index (χ2v) is 7.76. The summed E-state index contributed by atoms with van der Waals surface area (Å²) in [6.07, 6.45) is 3.51. The molecule has 0 saturated carbocycles. The highest BCUT2D eigenvalue weighted by molar-refractivity contribution is 8.14. The van der Waals surface area contributed by atoms with Gasteiger partial charge in [-0.05, 0) is 30.2 Å². The number of carboxylic acids is 1. The maximum atomic E-state index is 12.8. The number of nitrogens with one attached hydrogen (secondary N) is 1.